The van der Waals surface area contributed by atoms with Gasteiger partial charge in [0.15, 0.2) is 0 Å². The molecule has 2 atom stereocenters. The van der Waals surface area contributed by atoms with Crippen LogP contribution in [0.1, 0.15) is 25.7 Å². The largest absolute Gasteiger partial charge is 0.371 e. The number of amides is 2. The van der Waals surface area contributed by atoms with Gasteiger partial charge < -0.3 is 14.5 Å². The summed E-state index contributed by atoms with van der Waals surface area (Å²) in [6.45, 7) is 3.52. The highest BCUT2D eigenvalue weighted by atomic mass is 16.5. The van der Waals surface area contributed by atoms with Crippen LogP contribution >= 0.6 is 0 Å². The third kappa shape index (κ3) is 1.71. The van der Waals surface area contributed by atoms with Crippen LogP contribution in [0.15, 0.2) is 0 Å². The second kappa shape index (κ2) is 3.67. The number of likely N-dealkylation sites (tertiary alicyclic amines) is 2. The summed E-state index contributed by atoms with van der Waals surface area (Å²) in [5.41, 5.74) is 0. The van der Waals surface area contributed by atoms with Gasteiger partial charge in [0.2, 0.25) is 0 Å². The molecular formula is C11H18N2O2. The van der Waals surface area contributed by atoms with Crippen LogP contribution in [0, 0.1) is 0 Å². The van der Waals surface area contributed by atoms with E-state index in [1.54, 1.807) is 0 Å². The minimum Gasteiger partial charge on any atom is -0.371 e. The lowest BCUT2D eigenvalue weighted by molar-refractivity contribution is -0.0278. The lowest BCUT2D eigenvalue weighted by Crippen LogP contribution is -2.50. The molecule has 3 saturated heterocycles. The van der Waals surface area contributed by atoms with Gasteiger partial charge in [-0.05, 0) is 25.7 Å². The molecule has 0 radical (unpaired) electrons. The number of fused-ring (bicyclic) bond motifs is 2. The van der Waals surface area contributed by atoms with E-state index in [0.29, 0.717) is 12.2 Å². The molecule has 84 valence electrons. The van der Waals surface area contributed by atoms with Crippen molar-refractivity contribution in [2.75, 3.05) is 26.2 Å². The van der Waals surface area contributed by atoms with Gasteiger partial charge in [-0.3, -0.25) is 0 Å². The Balaban J connectivity index is 1.64. The second-order valence-corrected chi connectivity index (χ2v) is 4.84. The van der Waals surface area contributed by atoms with E-state index < -0.39 is 0 Å². The van der Waals surface area contributed by atoms with Gasteiger partial charge in [-0.25, -0.2) is 4.79 Å². The van der Waals surface area contributed by atoms with Crippen molar-refractivity contribution in [2.45, 2.75) is 37.9 Å². The molecule has 2 unspecified atom stereocenters. The molecular weight excluding hydrogens is 192 g/mol. The topological polar surface area (TPSA) is 32.8 Å². The molecule has 4 nitrogen and oxygen atoms in total. The summed E-state index contributed by atoms with van der Waals surface area (Å²) >= 11 is 0. The predicted molar refractivity (Wildman–Crippen MR) is 55.7 cm³/mol. The highest BCUT2D eigenvalue weighted by molar-refractivity contribution is 5.75. The number of carbonyl (C=O) groups is 1. The Morgan fingerprint density at radius 2 is 1.60 bits per heavy atom. The van der Waals surface area contributed by atoms with Crippen molar-refractivity contribution in [3.63, 3.8) is 0 Å². The van der Waals surface area contributed by atoms with E-state index in [1.165, 1.54) is 12.8 Å². The highest BCUT2D eigenvalue weighted by Crippen LogP contribution is 2.27. The van der Waals surface area contributed by atoms with Gasteiger partial charge in [0.25, 0.3) is 0 Å². The Labute approximate surface area is 90.2 Å². The third-order valence-electron chi connectivity index (χ3n) is 3.69. The molecule has 0 spiro atoms. The number of rotatable bonds is 0. The fraction of sp³-hybridized carbons (Fsp3) is 0.909. The van der Waals surface area contributed by atoms with Gasteiger partial charge in [0, 0.05) is 26.2 Å². The summed E-state index contributed by atoms with van der Waals surface area (Å²) < 4.78 is 5.73. The smallest absolute Gasteiger partial charge is 0.320 e. The number of nitrogens with zero attached hydrogens (tertiary/aromatic N) is 2. The van der Waals surface area contributed by atoms with Crippen LogP contribution in [0.5, 0.6) is 0 Å². The Morgan fingerprint density at radius 3 is 2.20 bits per heavy atom. The number of carbonyl (C=O) groups excluding carboxylic acids is 1. The maximum atomic E-state index is 12.1. The zero-order valence-corrected chi connectivity index (χ0v) is 9.02. The average molecular weight is 210 g/mol. The fourth-order valence-electron chi connectivity index (χ4n) is 2.88. The molecule has 0 aromatic heterocycles. The summed E-state index contributed by atoms with van der Waals surface area (Å²) in [7, 11) is 0. The van der Waals surface area contributed by atoms with E-state index >= 15 is 0 Å². The van der Waals surface area contributed by atoms with Crippen LogP contribution < -0.4 is 0 Å². The number of ether oxygens (including phenoxy) is 1. The first-order valence-electron chi connectivity index (χ1n) is 6.02. The van der Waals surface area contributed by atoms with E-state index in [4.69, 9.17) is 4.74 Å². The van der Waals surface area contributed by atoms with Crippen LogP contribution in [-0.4, -0.2) is 54.2 Å². The Hall–Kier alpha value is -0.770. The number of morpholine rings is 1. The van der Waals surface area contributed by atoms with Crippen molar-refractivity contribution in [1.29, 1.82) is 0 Å². The van der Waals surface area contributed by atoms with Crippen molar-refractivity contribution in [2.24, 2.45) is 0 Å². The van der Waals surface area contributed by atoms with Crippen molar-refractivity contribution in [1.82, 2.24) is 9.80 Å². The van der Waals surface area contributed by atoms with E-state index in [0.717, 1.165) is 39.0 Å². The first kappa shape index (κ1) is 9.46. The van der Waals surface area contributed by atoms with Gasteiger partial charge in [-0.2, -0.15) is 0 Å². The van der Waals surface area contributed by atoms with Crippen LogP contribution in [0.2, 0.25) is 0 Å². The van der Waals surface area contributed by atoms with Gasteiger partial charge in [0.05, 0.1) is 12.2 Å². The lowest BCUT2D eigenvalue weighted by Gasteiger charge is -2.34. The molecule has 3 aliphatic rings. The molecule has 3 heterocycles. The quantitative estimate of drug-likeness (QED) is 0.599. The first-order chi connectivity index (χ1) is 7.33. The summed E-state index contributed by atoms with van der Waals surface area (Å²) in [5, 5.41) is 0. The molecule has 15 heavy (non-hydrogen) atoms. The number of hydrogen-bond donors (Lipinski definition) is 0. The molecule has 3 aliphatic heterocycles. The average Bonchev–Trinajstić information content (AvgIpc) is 2.87. The molecule has 0 aliphatic carbocycles. The van der Waals surface area contributed by atoms with Crippen molar-refractivity contribution >= 4 is 6.03 Å². The van der Waals surface area contributed by atoms with Crippen LogP contribution in [0.3, 0.4) is 0 Å². The summed E-state index contributed by atoms with van der Waals surface area (Å²) in [4.78, 5) is 16.1. The van der Waals surface area contributed by atoms with E-state index in [-0.39, 0.29) is 6.03 Å². The molecule has 0 N–H and O–H groups in total. The van der Waals surface area contributed by atoms with Gasteiger partial charge in [0.1, 0.15) is 0 Å². The lowest BCUT2D eigenvalue weighted by atomic mass is 10.2. The number of hydrogen-bond acceptors (Lipinski definition) is 2. The number of urea groups is 1. The van der Waals surface area contributed by atoms with Gasteiger partial charge in [-0.1, -0.05) is 0 Å². The minimum atomic E-state index is 0.243. The van der Waals surface area contributed by atoms with Gasteiger partial charge in [-0.15, -0.1) is 0 Å². The van der Waals surface area contributed by atoms with E-state index in [2.05, 4.69) is 0 Å². The normalized spacial score (nSPS) is 34.9. The van der Waals surface area contributed by atoms with E-state index in [9.17, 15) is 4.79 Å². The Bertz CT molecular complexity index is 251. The summed E-state index contributed by atoms with van der Waals surface area (Å²) in [6.07, 6.45) is 5.24. The second-order valence-electron chi connectivity index (χ2n) is 4.84. The van der Waals surface area contributed by atoms with Crippen LogP contribution in [-0.2, 0) is 4.74 Å². The van der Waals surface area contributed by atoms with Gasteiger partial charge >= 0.3 is 6.03 Å². The zero-order valence-electron chi connectivity index (χ0n) is 9.02. The maximum absolute atomic E-state index is 12.1. The molecule has 0 aromatic carbocycles. The van der Waals surface area contributed by atoms with Crippen LogP contribution in [0.4, 0.5) is 4.79 Å². The zero-order chi connectivity index (χ0) is 10.3. The Morgan fingerprint density at radius 1 is 1.00 bits per heavy atom. The highest BCUT2D eigenvalue weighted by Gasteiger charge is 2.37. The molecule has 3 fully saturated rings. The molecule has 0 saturated carbocycles. The minimum absolute atomic E-state index is 0.243. The van der Waals surface area contributed by atoms with Crippen molar-refractivity contribution < 1.29 is 9.53 Å². The monoisotopic (exact) mass is 210 g/mol. The molecule has 2 bridgehead atoms. The molecule has 4 heteroatoms. The molecule has 0 aromatic rings. The van der Waals surface area contributed by atoms with Crippen molar-refractivity contribution in [3.8, 4) is 0 Å². The Kier molecular flexibility index (Phi) is 2.31. The summed E-state index contributed by atoms with van der Waals surface area (Å²) in [6, 6.07) is 0.243. The molecule has 2 amide bonds. The van der Waals surface area contributed by atoms with Crippen LogP contribution in [0.25, 0.3) is 0 Å². The van der Waals surface area contributed by atoms with E-state index in [1.807, 2.05) is 9.80 Å². The first-order valence-corrected chi connectivity index (χ1v) is 6.02. The fourth-order valence-corrected chi connectivity index (χ4v) is 2.88. The molecule has 3 rings (SSSR count). The summed E-state index contributed by atoms with van der Waals surface area (Å²) in [5.74, 6) is 0. The van der Waals surface area contributed by atoms with Crippen molar-refractivity contribution in [3.05, 3.63) is 0 Å². The third-order valence-corrected chi connectivity index (χ3v) is 3.69. The predicted octanol–water partition coefficient (Wildman–Crippen LogP) is 1.07. The SMILES string of the molecule is O=C(N1CCCC1)N1CC2CCC(C1)O2. The standard InChI is InChI=1S/C11H18N2O2/c14-11(12-5-1-2-6-12)13-7-9-3-4-10(8-13)15-9/h9-10H,1-8H2. The maximum Gasteiger partial charge on any atom is 0.320 e.